The van der Waals surface area contributed by atoms with Crippen LogP contribution in [0.4, 0.5) is 18.9 Å². The van der Waals surface area contributed by atoms with Gasteiger partial charge in [0.15, 0.2) is 22.8 Å². The van der Waals surface area contributed by atoms with E-state index in [-0.39, 0.29) is 59.4 Å². The van der Waals surface area contributed by atoms with Crippen LogP contribution in [-0.4, -0.2) is 88.2 Å². The van der Waals surface area contributed by atoms with Crippen molar-refractivity contribution in [3.63, 3.8) is 0 Å². The summed E-state index contributed by atoms with van der Waals surface area (Å²) in [7, 11) is -1.18. The number of nitrogens with zero attached hydrogens (tertiary/aromatic N) is 4. The molecule has 1 unspecified atom stereocenters. The lowest BCUT2D eigenvalue weighted by Crippen LogP contribution is -2.59. The van der Waals surface area contributed by atoms with E-state index in [1.807, 2.05) is 6.07 Å². The molecule has 13 nitrogen and oxygen atoms in total. The summed E-state index contributed by atoms with van der Waals surface area (Å²) in [5, 5.41) is 20.8. The number of carbonyl (C=O) groups is 2. The number of para-hydroxylation sites is 1. The van der Waals surface area contributed by atoms with Gasteiger partial charge in [0, 0.05) is 37.8 Å². The van der Waals surface area contributed by atoms with Gasteiger partial charge >= 0.3 is 6.36 Å². The van der Waals surface area contributed by atoms with Crippen molar-refractivity contribution in [3.05, 3.63) is 71.3 Å². The third-order valence-corrected chi connectivity index (χ3v) is 10.1. The van der Waals surface area contributed by atoms with E-state index in [1.54, 1.807) is 6.07 Å². The number of hydrogen-bond donors (Lipinski definition) is 1. The Morgan fingerprint density at radius 1 is 1.12 bits per heavy atom. The van der Waals surface area contributed by atoms with Gasteiger partial charge in [-0.1, -0.05) is 12.1 Å². The first-order chi connectivity index (χ1) is 22.6. The van der Waals surface area contributed by atoms with Crippen LogP contribution in [0.3, 0.4) is 0 Å². The van der Waals surface area contributed by atoms with Crippen LogP contribution in [0.2, 0.25) is 0 Å². The van der Waals surface area contributed by atoms with E-state index in [2.05, 4.69) is 4.74 Å². The van der Waals surface area contributed by atoms with E-state index >= 15 is 4.79 Å². The summed E-state index contributed by atoms with van der Waals surface area (Å²) in [6.45, 7) is -0.591. The lowest BCUT2D eigenvalue weighted by atomic mass is 9.80. The number of ether oxygens (including phenoxy) is 4. The van der Waals surface area contributed by atoms with E-state index in [0.717, 1.165) is 19.2 Å². The number of likely N-dealkylation sites (tertiary alicyclic amines) is 1. The summed E-state index contributed by atoms with van der Waals surface area (Å²) in [4.78, 5) is 30.5. The van der Waals surface area contributed by atoms with Gasteiger partial charge in [-0.2, -0.15) is 5.26 Å². The minimum atomic E-state index is -5.33. The molecule has 3 aliphatic rings. The molecule has 0 aliphatic carbocycles. The molecule has 3 aromatic carbocycles. The molecule has 1 fully saturated rings. The Hall–Kier alpha value is -5.05. The van der Waals surface area contributed by atoms with Crippen molar-refractivity contribution in [2.24, 2.45) is 0 Å². The van der Waals surface area contributed by atoms with Crippen LogP contribution < -0.4 is 23.3 Å². The van der Waals surface area contributed by atoms with Gasteiger partial charge in [0.25, 0.3) is 15.9 Å². The Balaban J connectivity index is 1.68. The fourth-order valence-corrected chi connectivity index (χ4v) is 8.00. The maximum Gasteiger partial charge on any atom is 0.573 e. The fourth-order valence-electron chi connectivity index (χ4n) is 6.44. The van der Waals surface area contributed by atoms with Crippen molar-refractivity contribution in [3.8, 4) is 29.1 Å². The molecule has 2 amide bonds. The van der Waals surface area contributed by atoms with Crippen molar-refractivity contribution >= 4 is 27.5 Å². The minimum absolute atomic E-state index is 0.00399. The molecule has 1 N–H and O–H groups in total. The monoisotopic (exact) mass is 688 g/mol. The number of alkyl halides is 3. The summed E-state index contributed by atoms with van der Waals surface area (Å²) in [6, 6.07) is 11.5. The van der Waals surface area contributed by atoms with Gasteiger partial charge < -0.3 is 29.0 Å². The maximum absolute atomic E-state index is 15.3. The molecule has 0 spiro atoms. The molecule has 0 aromatic heterocycles. The molecule has 1 saturated heterocycles. The van der Waals surface area contributed by atoms with E-state index in [9.17, 15) is 36.8 Å². The molecule has 3 aromatic rings. The predicted molar refractivity (Wildman–Crippen MR) is 159 cm³/mol. The second-order valence-electron chi connectivity index (χ2n) is 11.3. The number of likely N-dealkylation sites (N-methyl/N-ethyl adjacent to an activating group) is 1. The third kappa shape index (κ3) is 5.03. The van der Waals surface area contributed by atoms with Crippen LogP contribution in [0.1, 0.15) is 23.1 Å². The number of amides is 2. The first-order valence-corrected chi connectivity index (χ1v) is 15.7. The molecule has 0 radical (unpaired) electrons. The maximum atomic E-state index is 15.3. The molecule has 3 heterocycles. The van der Waals surface area contributed by atoms with Crippen LogP contribution in [0.5, 0.6) is 23.0 Å². The molecular weight excluding hydrogens is 661 g/mol. The molecule has 17 heteroatoms. The van der Waals surface area contributed by atoms with Crippen LogP contribution in [0.25, 0.3) is 0 Å². The topological polar surface area (TPSA) is 159 Å². The van der Waals surface area contributed by atoms with Crippen LogP contribution >= 0.6 is 0 Å². The zero-order valence-electron chi connectivity index (χ0n) is 25.5. The van der Waals surface area contributed by atoms with Gasteiger partial charge in [-0.05, 0) is 42.8 Å². The lowest BCUT2D eigenvalue weighted by molar-refractivity contribution is -0.275. The normalized spacial score (nSPS) is 22.0. The molecule has 6 rings (SSSR count). The number of benzene rings is 3. The van der Waals surface area contributed by atoms with E-state index in [1.165, 1.54) is 54.2 Å². The van der Waals surface area contributed by atoms with Gasteiger partial charge in [0.1, 0.15) is 10.6 Å². The lowest BCUT2D eigenvalue weighted by Gasteiger charge is -2.41. The smallest absolute Gasteiger partial charge is 0.497 e. The molecular formula is C31H27F3N4O9S. The van der Waals surface area contributed by atoms with Gasteiger partial charge in [0.2, 0.25) is 12.7 Å². The second-order valence-corrected chi connectivity index (χ2v) is 13.1. The number of methoxy groups -OCH3 is 1. The van der Waals surface area contributed by atoms with Gasteiger partial charge in [-0.3, -0.25) is 14.5 Å². The van der Waals surface area contributed by atoms with Crippen LogP contribution in [0, 0.1) is 11.3 Å². The summed E-state index contributed by atoms with van der Waals surface area (Å²) in [6.07, 6.45) is -6.65. The van der Waals surface area contributed by atoms with Crippen molar-refractivity contribution in [2.75, 3.05) is 38.8 Å². The zero-order chi connectivity index (χ0) is 34.8. The molecule has 0 saturated carbocycles. The average Bonchev–Trinajstić information content (AvgIpc) is 3.73. The average molecular weight is 689 g/mol. The second kappa shape index (κ2) is 11.6. The minimum Gasteiger partial charge on any atom is -0.497 e. The van der Waals surface area contributed by atoms with Crippen LogP contribution in [-0.2, 0) is 25.2 Å². The third-order valence-electron chi connectivity index (χ3n) is 8.35. The first kappa shape index (κ1) is 32.9. The summed E-state index contributed by atoms with van der Waals surface area (Å²) in [5.41, 5.74) is -2.70. The van der Waals surface area contributed by atoms with Gasteiger partial charge in [0.05, 0.1) is 36.6 Å². The number of sulfonamides is 1. The predicted octanol–water partition coefficient (Wildman–Crippen LogP) is 2.70. The Bertz CT molecular complexity index is 1980. The van der Waals surface area contributed by atoms with Crippen molar-refractivity contribution in [1.29, 1.82) is 5.26 Å². The standard InChI is InChI=1S/C31H27F3N4O9S/c1-36(2)28(40)23-12-18(39)15-37(23)30(20-5-4-6-24-27(20)46-16-45-24)21-11-17(14-35)7-9-22(21)38(29(30)41)48(42,43)26-10-8-19(44-3)13-25(26)47-31(32,33)34/h4-11,13,18,23,39H,12,15-16H2,1-3H3/t18-,23+,30?/m1/s1. The molecule has 252 valence electrons. The zero-order valence-corrected chi connectivity index (χ0v) is 26.3. The number of nitriles is 1. The Kier molecular flexibility index (Phi) is 7.93. The highest BCUT2D eigenvalue weighted by Gasteiger charge is 2.64. The summed E-state index contributed by atoms with van der Waals surface area (Å²) in [5.74, 6) is -2.89. The first-order valence-electron chi connectivity index (χ1n) is 14.3. The number of anilines is 1. The highest BCUT2D eigenvalue weighted by molar-refractivity contribution is 7.93. The Morgan fingerprint density at radius 3 is 2.54 bits per heavy atom. The number of hydrogen-bond acceptors (Lipinski definition) is 11. The number of fused-ring (bicyclic) bond motifs is 2. The highest BCUT2D eigenvalue weighted by atomic mass is 32.2. The summed E-state index contributed by atoms with van der Waals surface area (Å²) >= 11 is 0. The van der Waals surface area contributed by atoms with Crippen molar-refractivity contribution in [1.82, 2.24) is 9.80 Å². The van der Waals surface area contributed by atoms with Crippen molar-refractivity contribution < 1.29 is 55.2 Å². The fraction of sp³-hybridized carbons (Fsp3) is 0.323. The Labute approximate surface area is 272 Å². The molecule has 0 bridgehead atoms. The number of aliphatic hydroxyl groups excluding tert-OH is 1. The SMILES string of the molecule is COc1ccc(S(=O)(=O)N2C(=O)C(c3cccc4c3OCO4)(N3C[C@H](O)C[C@H]3C(=O)N(C)C)c3cc(C#N)ccc32)c(OC(F)(F)F)c1. The number of halogens is 3. The van der Waals surface area contributed by atoms with Gasteiger partial charge in [-0.15, -0.1) is 13.2 Å². The number of aliphatic hydroxyl groups is 1. The van der Waals surface area contributed by atoms with Crippen LogP contribution in [0.15, 0.2) is 59.5 Å². The summed E-state index contributed by atoms with van der Waals surface area (Å²) < 4.78 is 90.6. The molecule has 3 atom stereocenters. The molecule has 48 heavy (non-hydrogen) atoms. The number of β-amino-alcohol motifs (C(OH)–C–C–N with tert-alkyl or cyclic N) is 1. The quantitative estimate of drug-likeness (QED) is 0.389. The number of carbonyl (C=O) groups excluding carboxylic acids is 2. The van der Waals surface area contributed by atoms with Crippen molar-refractivity contribution in [2.45, 2.75) is 35.4 Å². The highest BCUT2D eigenvalue weighted by Crippen LogP contribution is 2.57. The largest absolute Gasteiger partial charge is 0.573 e. The van der Waals surface area contributed by atoms with E-state index in [0.29, 0.717) is 10.4 Å². The Morgan fingerprint density at radius 2 is 1.88 bits per heavy atom. The molecule has 3 aliphatic heterocycles. The van der Waals surface area contributed by atoms with Gasteiger partial charge in [-0.25, -0.2) is 12.7 Å². The number of rotatable bonds is 7. The van der Waals surface area contributed by atoms with E-state index in [4.69, 9.17) is 14.2 Å². The van der Waals surface area contributed by atoms with E-state index < -0.39 is 56.5 Å².